The maximum Gasteiger partial charge on any atom is 0.174 e. The molecule has 6 heteroatoms. The van der Waals surface area contributed by atoms with E-state index in [4.69, 9.17) is 19.9 Å². The molecule has 0 aliphatic carbocycles. The lowest BCUT2D eigenvalue weighted by atomic mass is 10.2. The van der Waals surface area contributed by atoms with Crippen LogP contribution in [-0.2, 0) is 0 Å². The van der Waals surface area contributed by atoms with Gasteiger partial charge in [0.25, 0.3) is 0 Å². The molecule has 17 heavy (non-hydrogen) atoms. The Labute approximate surface area is 107 Å². The van der Waals surface area contributed by atoms with Gasteiger partial charge in [-0.15, -0.1) is 0 Å². The topological polar surface area (TPSA) is 74.8 Å². The standard InChI is InChI=1S/C11H11BrN2O3/c1-2-16-10-5-8(7-14-15)9(12)6-11(10)17-4-3-13/h5-7,15H,2,4H2,1H3/b14-7+. The molecule has 0 aliphatic heterocycles. The van der Waals surface area contributed by atoms with Crippen LogP contribution in [0.15, 0.2) is 21.8 Å². The number of nitrogens with zero attached hydrogens (tertiary/aromatic N) is 2. The zero-order valence-corrected chi connectivity index (χ0v) is 10.8. The van der Waals surface area contributed by atoms with Gasteiger partial charge in [-0.25, -0.2) is 0 Å². The first kappa shape index (κ1) is 13.3. The van der Waals surface area contributed by atoms with Crippen molar-refractivity contribution in [2.45, 2.75) is 6.92 Å². The third kappa shape index (κ3) is 3.64. The summed E-state index contributed by atoms with van der Waals surface area (Å²) in [5, 5.41) is 19.9. The highest BCUT2D eigenvalue weighted by Gasteiger charge is 2.09. The molecule has 1 aromatic rings. The minimum Gasteiger partial charge on any atom is -0.490 e. The van der Waals surface area contributed by atoms with Gasteiger partial charge in [0, 0.05) is 10.0 Å². The second-order valence-electron chi connectivity index (χ2n) is 2.94. The number of ether oxygens (including phenoxy) is 2. The molecule has 90 valence electrons. The van der Waals surface area contributed by atoms with Crippen molar-refractivity contribution in [3.63, 3.8) is 0 Å². The van der Waals surface area contributed by atoms with Gasteiger partial charge in [-0.05, 0) is 35.0 Å². The molecule has 0 radical (unpaired) electrons. The molecule has 0 fully saturated rings. The first-order valence-electron chi connectivity index (χ1n) is 4.86. The fraction of sp³-hybridized carbons (Fsp3) is 0.273. The lowest BCUT2D eigenvalue weighted by Gasteiger charge is -2.11. The number of oxime groups is 1. The zero-order valence-electron chi connectivity index (χ0n) is 9.18. The number of benzene rings is 1. The Hall–Kier alpha value is -1.74. The van der Waals surface area contributed by atoms with Crippen LogP contribution in [0.5, 0.6) is 11.5 Å². The van der Waals surface area contributed by atoms with Gasteiger partial charge in [-0.3, -0.25) is 0 Å². The zero-order chi connectivity index (χ0) is 12.7. The maximum absolute atomic E-state index is 8.51. The molecule has 0 atom stereocenters. The van der Waals surface area contributed by atoms with Crippen LogP contribution in [0.1, 0.15) is 12.5 Å². The molecular formula is C11H11BrN2O3. The third-order valence-corrected chi connectivity index (χ3v) is 2.54. The predicted octanol–water partition coefficient (Wildman–Crippen LogP) is 2.56. The van der Waals surface area contributed by atoms with E-state index in [-0.39, 0.29) is 6.61 Å². The van der Waals surface area contributed by atoms with Crippen LogP contribution < -0.4 is 9.47 Å². The van der Waals surface area contributed by atoms with Gasteiger partial charge < -0.3 is 14.7 Å². The van der Waals surface area contributed by atoms with E-state index in [0.717, 1.165) is 0 Å². The van der Waals surface area contributed by atoms with E-state index in [9.17, 15) is 0 Å². The summed E-state index contributed by atoms with van der Waals surface area (Å²) in [4.78, 5) is 0. The van der Waals surface area contributed by atoms with Crippen molar-refractivity contribution in [1.29, 1.82) is 5.26 Å². The van der Waals surface area contributed by atoms with Crippen LogP contribution in [0.2, 0.25) is 0 Å². The molecular weight excluding hydrogens is 288 g/mol. The number of nitriles is 1. The second-order valence-corrected chi connectivity index (χ2v) is 3.80. The van der Waals surface area contributed by atoms with E-state index < -0.39 is 0 Å². The molecule has 1 N–H and O–H groups in total. The molecule has 0 aromatic heterocycles. The molecule has 0 amide bonds. The predicted molar refractivity (Wildman–Crippen MR) is 65.8 cm³/mol. The average Bonchev–Trinajstić information content (AvgIpc) is 2.32. The summed E-state index contributed by atoms with van der Waals surface area (Å²) in [5.74, 6) is 0.969. The highest BCUT2D eigenvalue weighted by atomic mass is 79.9. The Bertz CT molecular complexity index is 455. The lowest BCUT2D eigenvalue weighted by Crippen LogP contribution is -2.00. The molecule has 1 rings (SSSR count). The number of halogens is 1. The summed E-state index contributed by atoms with van der Waals surface area (Å²) < 4.78 is 11.3. The molecule has 0 bridgehead atoms. The van der Waals surface area contributed by atoms with E-state index >= 15 is 0 Å². The number of rotatable bonds is 5. The van der Waals surface area contributed by atoms with Crippen molar-refractivity contribution >= 4 is 22.1 Å². The summed E-state index contributed by atoms with van der Waals surface area (Å²) in [6.07, 6.45) is 1.28. The van der Waals surface area contributed by atoms with Crippen LogP contribution in [0.4, 0.5) is 0 Å². The van der Waals surface area contributed by atoms with Gasteiger partial charge in [0.2, 0.25) is 0 Å². The Kier molecular flexibility index (Phi) is 5.30. The number of hydrogen-bond acceptors (Lipinski definition) is 5. The summed E-state index contributed by atoms with van der Waals surface area (Å²) in [6, 6.07) is 5.22. The molecule has 0 saturated heterocycles. The molecule has 5 nitrogen and oxygen atoms in total. The van der Waals surface area contributed by atoms with Crippen molar-refractivity contribution in [1.82, 2.24) is 0 Å². The molecule has 0 aliphatic rings. The molecule has 1 aromatic carbocycles. The Morgan fingerprint density at radius 2 is 2.18 bits per heavy atom. The Balaban J connectivity index is 3.11. The van der Waals surface area contributed by atoms with Crippen LogP contribution in [0.25, 0.3) is 0 Å². The fourth-order valence-electron chi connectivity index (χ4n) is 1.20. The SMILES string of the molecule is CCOc1cc(/C=N/O)c(Br)cc1OCC#N. The van der Waals surface area contributed by atoms with Gasteiger partial charge in [-0.2, -0.15) is 5.26 Å². The summed E-state index contributed by atoms with van der Waals surface area (Å²) in [7, 11) is 0. The van der Waals surface area contributed by atoms with Crippen molar-refractivity contribution in [2.75, 3.05) is 13.2 Å². The van der Waals surface area contributed by atoms with Crippen LogP contribution in [0, 0.1) is 11.3 Å². The van der Waals surface area contributed by atoms with Crippen LogP contribution in [-0.4, -0.2) is 24.6 Å². The number of hydrogen-bond donors (Lipinski definition) is 1. The monoisotopic (exact) mass is 298 g/mol. The summed E-state index contributed by atoms with van der Waals surface area (Å²) >= 11 is 3.30. The molecule has 0 heterocycles. The summed E-state index contributed by atoms with van der Waals surface area (Å²) in [5.41, 5.74) is 0.653. The molecule has 0 unspecified atom stereocenters. The average molecular weight is 299 g/mol. The van der Waals surface area contributed by atoms with Gasteiger partial charge in [-0.1, -0.05) is 5.16 Å². The van der Waals surface area contributed by atoms with E-state index in [1.165, 1.54) is 6.21 Å². The summed E-state index contributed by atoms with van der Waals surface area (Å²) in [6.45, 7) is 2.26. The van der Waals surface area contributed by atoms with E-state index in [1.807, 2.05) is 13.0 Å². The normalized spacial score (nSPS) is 10.2. The smallest absolute Gasteiger partial charge is 0.174 e. The third-order valence-electron chi connectivity index (χ3n) is 1.85. The van der Waals surface area contributed by atoms with Crippen LogP contribution in [0.3, 0.4) is 0 Å². The molecule has 0 spiro atoms. The van der Waals surface area contributed by atoms with Crippen LogP contribution >= 0.6 is 15.9 Å². The first-order valence-corrected chi connectivity index (χ1v) is 5.65. The van der Waals surface area contributed by atoms with E-state index in [2.05, 4.69) is 21.1 Å². The second kappa shape index (κ2) is 6.76. The van der Waals surface area contributed by atoms with Crippen molar-refractivity contribution in [3.8, 4) is 17.6 Å². The largest absolute Gasteiger partial charge is 0.490 e. The lowest BCUT2D eigenvalue weighted by molar-refractivity contribution is 0.298. The maximum atomic E-state index is 8.51. The van der Waals surface area contributed by atoms with Crippen molar-refractivity contribution in [2.24, 2.45) is 5.16 Å². The fourth-order valence-corrected chi connectivity index (χ4v) is 1.63. The highest BCUT2D eigenvalue weighted by Crippen LogP contribution is 2.33. The first-order chi connectivity index (χ1) is 8.22. The van der Waals surface area contributed by atoms with E-state index in [1.54, 1.807) is 12.1 Å². The highest BCUT2D eigenvalue weighted by molar-refractivity contribution is 9.10. The Morgan fingerprint density at radius 3 is 2.76 bits per heavy atom. The van der Waals surface area contributed by atoms with E-state index in [0.29, 0.717) is 28.1 Å². The minimum atomic E-state index is -0.0556. The van der Waals surface area contributed by atoms with Gasteiger partial charge in [0.1, 0.15) is 6.07 Å². The van der Waals surface area contributed by atoms with Gasteiger partial charge in [0.05, 0.1) is 12.8 Å². The van der Waals surface area contributed by atoms with Gasteiger partial charge >= 0.3 is 0 Å². The quantitative estimate of drug-likeness (QED) is 0.515. The van der Waals surface area contributed by atoms with Crippen molar-refractivity contribution in [3.05, 3.63) is 22.2 Å². The Morgan fingerprint density at radius 1 is 1.47 bits per heavy atom. The van der Waals surface area contributed by atoms with Gasteiger partial charge in [0.15, 0.2) is 18.1 Å². The van der Waals surface area contributed by atoms with Crippen molar-refractivity contribution < 1.29 is 14.7 Å². The minimum absolute atomic E-state index is 0.0556. The molecule has 0 saturated carbocycles.